The van der Waals surface area contributed by atoms with Gasteiger partial charge in [0, 0.05) is 45.1 Å². The van der Waals surface area contributed by atoms with Crippen LogP contribution in [0.15, 0.2) is 24.5 Å². The number of piperidine rings is 2. The molecule has 0 spiro atoms. The first-order valence-corrected chi connectivity index (χ1v) is 10.8. The van der Waals surface area contributed by atoms with Gasteiger partial charge in [-0.05, 0) is 63.4 Å². The number of likely N-dealkylation sites (tertiary alicyclic amines) is 2. The lowest BCUT2D eigenvalue weighted by Gasteiger charge is -2.42. The van der Waals surface area contributed by atoms with Crippen molar-refractivity contribution in [1.29, 1.82) is 0 Å². The third-order valence-corrected chi connectivity index (χ3v) is 6.23. The van der Waals surface area contributed by atoms with E-state index in [1.54, 1.807) is 0 Å². The third kappa shape index (κ3) is 5.76. The molecule has 0 aliphatic carbocycles. The molecule has 3 rings (SSSR count). The highest BCUT2D eigenvalue weighted by atomic mass is 16.2. The number of carbonyl (C=O) groups excluding carboxylic acids is 1. The van der Waals surface area contributed by atoms with Gasteiger partial charge in [-0.2, -0.15) is 0 Å². The summed E-state index contributed by atoms with van der Waals surface area (Å²) in [7, 11) is 1.98. The van der Waals surface area contributed by atoms with E-state index in [4.69, 9.17) is 0 Å². The molecule has 1 aromatic heterocycles. The quantitative estimate of drug-likeness (QED) is 0.738. The summed E-state index contributed by atoms with van der Waals surface area (Å²) in [6.45, 7) is 8.50. The molecule has 0 N–H and O–H groups in total. The van der Waals surface area contributed by atoms with Crippen molar-refractivity contribution in [1.82, 2.24) is 19.7 Å². The van der Waals surface area contributed by atoms with Crippen molar-refractivity contribution in [3.8, 4) is 0 Å². The van der Waals surface area contributed by atoms with Gasteiger partial charge in [-0.3, -0.25) is 19.6 Å². The Bertz CT molecular complexity index is 571. The Labute approximate surface area is 164 Å². The molecule has 1 aromatic rings. The first-order chi connectivity index (χ1) is 13.2. The Balaban J connectivity index is 1.46. The molecule has 27 heavy (non-hydrogen) atoms. The number of nitrogens with zero attached hydrogens (tertiary/aromatic N) is 4. The van der Waals surface area contributed by atoms with E-state index in [1.807, 2.05) is 30.4 Å². The Morgan fingerprint density at radius 3 is 2.78 bits per heavy atom. The van der Waals surface area contributed by atoms with E-state index in [-0.39, 0.29) is 5.92 Å². The third-order valence-electron chi connectivity index (χ3n) is 6.23. The zero-order valence-corrected chi connectivity index (χ0v) is 17.1. The van der Waals surface area contributed by atoms with Gasteiger partial charge in [0.05, 0.1) is 5.92 Å². The molecule has 2 aliphatic heterocycles. The van der Waals surface area contributed by atoms with Crippen LogP contribution in [0.25, 0.3) is 0 Å². The zero-order chi connectivity index (χ0) is 19.1. The average molecular weight is 373 g/mol. The summed E-state index contributed by atoms with van der Waals surface area (Å²) in [6, 6.07) is 4.83. The minimum absolute atomic E-state index is 0.203. The second-order valence-electron chi connectivity index (χ2n) is 8.32. The Kier molecular flexibility index (Phi) is 7.65. The molecule has 150 valence electrons. The van der Waals surface area contributed by atoms with Gasteiger partial charge in [-0.25, -0.2) is 0 Å². The highest BCUT2D eigenvalue weighted by molar-refractivity contribution is 5.78. The molecular weight excluding hydrogens is 336 g/mol. The van der Waals surface area contributed by atoms with E-state index >= 15 is 0 Å². The number of rotatable bonds is 7. The number of hydrogen-bond donors (Lipinski definition) is 0. The van der Waals surface area contributed by atoms with Gasteiger partial charge in [0.15, 0.2) is 0 Å². The Morgan fingerprint density at radius 1 is 1.26 bits per heavy atom. The first-order valence-electron chi connectivity index (χ1n) is 10.8. The van der Waals surface area contributed by atoms with Gasteiger partial charge in [0.25, 0.3) is 0 Å². The Morgan fingerprint density at radius 2 is 2.07 bits per heavy atom. The van der Waals surface area contributed by atoms with Crippen LogP contribution >= 0.6 is 0 Å². The summed E-state index contributed by atoms with van der Waals surface area (Å²) in [4.78, 5) is 24.1. The highest BCUT2D eigenvalue weighted by Gasteiger charge is 2.32. The molecule has 1 atom stereocenters. The fourth-order valence-electron chi connectivity index (χ4n) is 4.55. The van der Waals surface area contributed by atoms with Crippen molar-refractivity contribution in [2.45, 2.75) is 58.0 Å². The van der Waals surface area contributed by atoms with Gasteiger partial charge in [0.2, 0.25) is 5.91 Å². The van der Waals surface area contributed by atoms with Crippen LogP contribution in [-0.4, -0.2) is 71.4 Å². The fraction of sp³-hybridized carbons (Fsp3) is 0.727. The summed E-state index contributed by atoms with van der Waals surface area (Å²) in [6.07, 6.45) is 10.7. The van der Waals surface area contributed by atoms with Crippen molar-refractivity contribution in [2.24, 2.45) is 5.92 Å². The lowest BCUT2D eigenvalue weighted by molar-refractivity contribution is -0.136. The maximum Gasteiger partial charge on any atom is 0.226 e. The van der Waals surface area contributed by atoms with E-state index in [9.17, 15) is 4.79 Å². The summed E-state index contributed by atoms with van der Waals surface area (Å²) in [5.41, 5.74) is 1.30. The van der Waals surface area contributed by atoms with Crippen molar-refractivity contribution in [2.75, 3.05) is 39.8 Å². The molecule has 0 radical (unpaired) electrons. The van der Waals surface area contributed by atoms with E-state index in [2.05, 4.69) is 27.8 Å². The minimum atomic E-state index is 0.203. The van der Waals surface area contributed by atoms with Crippen molar-refractivity contribution < 1.29 is 4.79 Å². The second-order valence-corrected chi connectivity index (χ2v) is 8.32. The average Bonchev–Trinajstić information content (AvgIpc) is 2.73. The molecule has 2 saturated heterocycles. The molecule has 2 fully saturated rings. The van der Waals surface area contributed by atoms with Crippen LogP contribution in [0.2, 0.25) is 0 Å². The summed E-state index contributed by atoms with van der Waals surface area (Å²) in [5, 5.41) is 0. The van der Waals surface area contributed by atoms with Gasteiger partial charge in [-0.15, -0.1) is 0 Å². The van der Waals surface area contributed by atoms with Crippen molar-refractivity contribution in [3.05, 3.63) is 30.1 Å². The summed E-state index contributed by atoms with van der Waals surface area (Å²) < 4.78 is 0. The second kappa shape index (κ2) is 10.2. The molecule has 2 aliphatic rings. The number of carbonyl (C=O) groups is 1. The smallest absolute Gasteiger partial charge is 0.226 e. The number of pyridine rings is 1. The van der Waals surface area contributed by atoms with Gasteiger partial charge in [0.1, 0.15) is 0 Å². The fourth-order valence-corrected chi connectivity index (χ4v) is 4.55. The predicted molar refractivity (Wildman–Crippen MR) is 109 cm³/mol. The number of aromatic nitrogens is 1. The molecule has 0 bridgehead atoms. The van der Waals surface area contributed by atoms with Crippen LogP contribution in [0.4, 0.5) is 0 Å². The van der Waals surface area contributed by atoms with Crippen molar-refractivity contribution in [3.63, 3.8) is 0 Å². The van der Waals surface area contributed by atoms with Crippen LogP contribution in [0, 0.1) is 5.92 Å². The van der Waals surface area contributed by atoms with E-state index in [0.29, 0.717) is 11.9 Å². The maximum atomic E-state index is 12.8. The molecule has 0 saturated carbocycles. The summed E-state index contributed by atoms with van der Waals surface area (Å²) >= 11 is 0. The zero-order valence-electron chi connectivity index (χ0n) is 17.1. The lowest BCUT2D eigenvalue weighted by Crippen LogP contribution is -2.50. The first kappa shape index (κ1) is 20.3. The van der Waals surface area contributed by atoms with Gasteiger partial charge >= 0.3 is 0 Å². The molecule has 5 heteroatoms. The molecule has 3 heterocycles. The topological polar surface area (TPSA) is 39.7 Å². The normalized spacial score (nSPS) is 22.7. The van der Waals surface area contributed by atoms with E-state index in [1.165, 1.54) is 18.4 Å². The van der Waals surface area contributed by atoms with Crippen LogP contribution in [0.1, 0.15) is 51.0 Å². The van der Waals surface area contributed by atoms with Crippen LogP contribution in [-0.2, 0) is 11.3 Å². The lowest BCUT2D eigenvalue weighted by atomic mass is 9.92. The van der Waals surface area contributed by atoms with Crippen LogP contribution in [0.3, 0.4) is 0 Å². The molecule has 5 nitrogen and oxygen atoms in total. The maximum absolute atomic E-state index is 12.8. The number of amides is 1. The van der Waals surface area contributed by atoms with E-state index in [0.717, 1.165) is 65.0 Å². The largest absolute Gasteiger partial charge is 0.345 e. The van der Waals surface area contributed by atoms with Crippen LogP contribution in [0.5, 0.6) is 0 Å². The highest BCUT2D eigenvalue weighted by Crippen LogP contribution is 2.25. The van der Waals surface area contributed by atoms with Crippen LogP contribution < -0.4 is 0 Å². The van der Waals surface area contributed by atoms with Crippen molar-refractivity contribution >= 4 is 5.91 Å². The minimum Gasteiger partial charge on any atom is -0.345 e. The molecule has 1 unspecified atom stereocenters. The Hall–Kier alpha value is -1.46. The molecule has 0 aromatic carbocycles. The number of hydrogen-bond acceptors (Lipinski definition) is 4. The number of unbranched alkanes of at least 4 members (excludes halogenated alkanes) is 1. The van der Waals surface area contributed by atoms with Gasteiger partial charge in [-0.1, -0.05) is 19.4 Å². The monoisotopic (exact) mass is 372 g/mol. The van der Waals surface area contributed by atoms with E-state index < -0.39 is 0 Å². The molecular formula is C22H36N4O. The standard InChI is InChI=1S/C22H36N4O/c1-3-4-12-24(2)22(27)20-8-6-13-26(18-20)21-9-14-25(15-10-21)17-19-7-5-11-23-16-19/h5,7,11,16,20-21H,3-4,6,8-10,12-15,17-18H2,1-2H3. The predicted octanol–water partition coefficient (Wildman–Crippen LogP) is 3.02. The summed E-state index contributed by atoms with van der Waals surface area (Å²) in [5.74, 6) is 0.566. The SMILES string of the molecule is CCCCN(C)C(=O)C1CCCN(C2CCN(Cc3cccnc3)CC2)C1. The molecule has 1 amide bonds. The van der Waals surface area contributed by atoms with Gasteiger partial charge < -0.3 is 4.90 Å².